The number of aromatic amines is 4. The molecule has 2 saturated heterocycles. The second-order valence-corrected chi connectivity index (χ2v) is 18.4. The Kier molecular flexibility index (Phi) is 11.6. The molecular weight excluding hydrogens is 843 g/mol. The number of aromatic nitrogens is 10. The summed E-state index contributed by atoms with van der Waals surface area (Å²) >= 11 is 0. The first-order valence-corrected chi connectivity index (χ1v) is 24.1. The number of pyridine rings is 4. The number of hydrogen-bond acceptors (Lipinski definition) is 9. The van der Waals surface area contributed by atoms with Gasteiger partial charge in [-0.05, 0) is 124 Å². The van der Waals surface area contributed by atoms with E-state index < -0.39 is 0 Å². The fourth-order valence-corrected chi connectivity index (χ4v) is 9.84. The molecule has 0 aliphatic carbocycles. The number of aryl methyl sites for hydroxylation is 1. The van der Waals surface area contributed by atoms with Gasteiger partial charge in [0.25, 0.3) is 0 Å². The number of nitrogens with zero attached hydrogens (tertiary/aromatic N) is 8. The van der Waals surface area contributed by atoms with E-state index in [0.717, 1.165) is 128 Å². The van der Waals surface area contributed by atoms with E-state index in [4.69, 9.17) is 4.98 Å². The summed E-state index contributed by atoms with van der Waals surface area (Å²) in [5.74, 6) is 0.387. The van der Waals surface area contributed by atoms with E-state index in [1.54, 1.807) is 0 Å². The lowest BCUT2D eigenvalue weighted by Crippen LogP contribution is -2.29. The summed E-state index contributed by atoms with van der Waals surface area (Å²) in [4.78, 5) is 30.3. The van der Waals surface area contributed by atoms with Crippen LogP contribution in [-0.2, 0) is 0 Å². The minimum absolute atomic E-state index is 0.387. The first kappa shape index (κ1) is 42.8. The van der Waals surface area contributed by atoms with Crippen LogP contribution in [0.5, 0.6) is 0 Å². The van der Waals surface area contributed by atoms with Crippen molar-refractivity contribution in [3.05, 3.63) is 128 Å². The summed E-state index contributed by atoms with van der Waals surface area (Å²) in [6.45, 7) is 15.1. The van der Waals surface area contributed by atoms with Crippen LogP contribution in [0.2, 0.25) is 0 Å². The van der Waals surface area contributed by atoms with Crippen molar-refractivity contribution >= 4 is 60.7 Å². The summed E-state index contributed by atoms with van der Waals surface area (Å²) in [6.07, 6.45) is 19.8. The van der Waals surface area contributed by atoms with Crippen molar-refractivity contribution in [3.8, 4) is 45.3 Å². The minimum Gasteiger partial charge on any atom is -0.371 e. The molecule has 10 heterocycles. The van der Waals surface area contributed by atoms with Crippen LogP contribution in [0.25, 0.3) is 88.9 Å². The Balaban J connectivity index is 0.000000151. The van der Waals surface area contributed by atoms with E-state index >= 15 is 0 Å². The van der Waals surface area contributed by atoms with Gasteiger partial charge in [-0.3, -0.25) is 30.1 Å². The second kappa shape index (κ2) is 18.5. The highest BCUT2D eigenvalue weighted by atomic mass is 15.2. The van der Waals surface area contributed by atoms with Crippen LogP contribution in [0.15, 0.2) is 122 Å². The first-order valence-electron chi connectivity index (χ1n) is 24.1. The third kappa shape index (κ3) is 8.33. The lowest BCUT2D eigenvalue weighted by molar-refractivity contribution is 0.579. The normalized spacial score (nSPS) is 14.7. The Morgan fingerprint density at radius 1 is 0.632 bits per heavy atom. The van der Waals surface area contributed by atoms with Gasteiger partial charge in [0.15, 0.2) is 0 Å². The maximum Gasteiger partial charge on any atom is 0.116 e. The van der Waals surface area contributed by atoms with E-state index in [1.807, 2.05) is 43.2 Å². The van der Waals surface area contributed by atoms with Gasteiger partial charge in [0.05, 0.1) is 58.1 Å². The van der Waals surface area contributed by atoms with Gasteiger partial charge in [-0.2, -0.15) is 10.2 Å². The number of hydrogen-bond donors (Lipinski definition) is 5. The van der Waals surface area contributed by atoms with Crippen molar-refractivity contribution in [2.75, 3.05) is 41.3 Å². The average molecular weight is 900 g/mol. The van der Waals surface area contributed by atoms with Gasteiger partial charge in [-0.25, -0.2) is 0 Å². The van der Waals surface area contributed by atoms with Crippen LogP contribution >= 0.6 is 0 Å². The molecule has 2 aliphatic rings. The second-order valence-electron chi connectivity index (χ2n) is 18.4. The van der Waals surface area contributed by atoms with Crippen LogP contribution in [-0.4, -0.2) is 76.5 Å². The smallest absolute Gasteiger partial charge is 0.116 e. The molecule has 0 bridgehead atoms. The number of rotatable bonds is 10. The predicted octanol–water partition coefficient (Wildman–Crippen LogP) is 12.6. The van der Waals surface area contributed by atoms with Crippen LogP contribution in [0, 0.1) is 12.8 Å². The fourth-order valence-electron chi connectivity index (χ4n) is 9.84. The molecule has 68 heavy (non-hydrogen) atoms. The molecule has 2 fully saturated rings. The Hall–Kier alpha value is -7.80. The number of benzene rings is 2. The number of H-pyrrole nitrogens is 4. The summed E-state index contributed by atoms with van der Waals surface area (Å²) in [7, 11) is 0. The molecule has 1 atom stereocenters. The Morgan fingerprint density at radius 3 is 1.78 bits per heavy atom. The van der Waals surface area contributed by atoms with Crippen molar-refractivity contribution in [3.63, 3.8) is 0 Å². The molecule has 1 unspecified atom stereocenters. The number of anilines is 3. The van der Waals surface area contributed by atoms with Crippen LogP contribution in [0.1, 0.15) is 64.4 Å². The lowest BCUT2D eigenvalue weighted by atomic mass is 10.1. The monoisotopic (exact) mass is 899 g/mol. The van der Waals surface area contributed by atoms with E-state index in [1.165, 1.54) is 60.7 Å². The highest BCUT2D eigenvalue weighted by Crippen LogP contribution is 2.37. The third-order valence-electron chi connectivity index (χ3n) is 13.9. The number of nitrogens with one attached hydrogen (secondary N) is 5. The fraction of sp³-hybridized carbons (Fsp3) is 0.273. The van der Waals surface area contributed by atoms with Crippen molar-refractivity contribution < 1.29 is 0 Å². The molecule has 10 aromatic rings. The van der Waals surface area contributed by atoms with Crippen molar-refractivity contribution in [1.29, 1.82) is 0 Å². The maximum absolute atomic E-state index is 4.70. The molecule has 8 aromatic heterocycles. The highest BCUT2D eigenvalue weighted by Gasteiger charge is 2.20. The summed E-state index contributed by atoms with van der Waals surface area (Å²) < 4.78 is 0. The Morgan fingerprint density at radius 2 is 1.21 bits per heavy atom. The quantitative estimate of drug-likeness (QED) is 0.0900. The topological polar surface area (TPSA) is 159 Å². The molecule has 2 aliphatic heterocycles. The predicted molar refractivity (Wildman–Crippen MR) is 278 cm³/mol. The molecular formula is C55H57N13. The molecule has 2 aromatic carbocycles. The van der Waals surface area contributed by atoms with Crippen LogP contribution in [0.4, 0.5) is 17.1 Å². The van der Waals surface area contributed by atoms with Gasteiger partial charge in [0.1, 0.15) is 11.4 Å². The van der Waals surface area contributed by atoms with E-state index in [-0.39, 0.29) is 0 Å². The van der Waals surface area contributed by atoms with Gasteiger partial charge in [0.2, 0.25) is 0 Å². The van der Waals surface area contributed by atoms with Gasteiger partial charge < -0.3 is 25.1 Å². The molecule has 12 rings (SSSR count). The van der Waals surface area contributed by atoms with Gasteiger partial charge in [0, 0.05) is 106 Å². The zero-order valence-electron chi connectivity index (χ0n) is 39.0. The number of piperidine rings is 2. The Bertz CT molecular complexity index is 3410. The summed E-state index contributed by atoms with van der Waals surface area (Å²) in [6, 6.07) is 25.8. The molecule has 13 heteroatoms. The van der Waals surface area contributed by atoms with Crippen LogP contribution < -0.4 is 15.1 Å². The summed E-state index contributed by atoms with van der Waals surface area (Å²) in [5.41, 5.74) is 17.4. The van der Waals surface area contributed by atoms with E-state index in [9.17, 15) is 0 Å². The Labute approximate surface area is 395 Å². The molecule has 342 valence electrons. The maximum atomic E-state index is 4.70. The standard InChI is InChI=1S/C30H33N7.C25H24N6/c1-4-19(2)20(3)33-22-13-21(16-31-17-22)26-15-24-28(18-32-26)35-36-30(24)27-14-23-25(34-27)9-8-10-29(23)37-11-6-5-7-12-37;1-16-8-9-26-14-19(16)21-13-18-23(15-27-21)29-30-25(18)22-12-17-20(28-22)6-5-7-24(17)31-10-3-2-4-11-31/h8-10,13-19,33-34H,3-7,11-12H2,1-2H3,(H,35,36);5-9,12-15,28H,2-4,10-11H2,1H3,(H,29,30). The van der Waals surface area contributed by atoms with Gasteiger partial charge >= 0.3 is 0 Å². The largest absolute Gasteiger partial charge is 0.371 e. The van der Waals surface area contributed by atoms with Crippen LogP contribution in [0.3, 0.4) is 0 Å². The molecule has 5 N–H and O–H groups in total. The zero-order valence-corrected chi connectivity index (χ0v) is 39.0. The van der Waals surface area contributed by atoms with Gasteiger partial charge in [-0.15, -0.1) is 0 Å². The number of allylic oxidation sites excluding steroid dienone is 1. The highest BCUT2D eigenvalue weighted by molar-refractivity contribution is 6.02. The molecule has 0 spiro atoms. The molecule has 0 amide bonds. The third-order valence-corrected chi connectivity index (χ3v) is 13.9. The van der Waals surface area contributed by atoms with Crippen molar-refractivity contribution in [2.45, 2.75) is 65.7 Å². The van der Waals surface area contributed by atoms with Crippen molar-refractivity contribution in [2.24, 2.45) is 5.92 Å². The van der Waals surface area contributed by atoms with Gasteiger partial charge in [-0.1, -0.05) is 32.6 Å². The molecule has 0 saturated carbocycles. The van der Waals surface area contributed by atoms with Crippen molar-refractivity contribution in [1.82, 2.24) is 50.3 Å². The van der Waals surface area contributed by atoms with E-state index in [2.05, 4.69) is 155 Å². The SMILES string of the molecule is C=C(Nc1cncc(-c2cc3c(-c4cc5c(N6CCCCC6)cccc5[nH]4)n[nH]c3cn2)c1)C(C)CC.Cc1ccncc1-c1cc2c(-c3cc4c(N5CCCCC5)cccc4[nH]3)n[nH]c2cn1. The minimum atomic E-state index is 0.387. The zero-order chi connectivity index (χ0) is 46.1. The average Bonchev–Trinajstić information content (AvgIpc) is 4.21. The molecule has 0 radical (unpaired) electrons. The lowest BCUT2D eigenvalue weighted by Gasteiger charge is -2.29. The first-order chi connectivity index (χ1) is 33.4. The number of fused-ring (bicyclic) bond motifs is 4. The summed E-state index contributed by atoms with van der Waals surface area (Å²) in [5, 5.41) is 23.6. The van der Waals surface area contributed by atoms with E-state index in [0.29, 0.717) is 5.92 Å². The molecule has 13 nitrogen and oxygen atoms in total.